The number of carbonyl (C=O) groups is 1. The van der Waals surface area contributed by atoms with Gasteiger partial charge in [0.15, 0.2) is 0 Å². The maximum Gasteiger partial charge on any atom is 0.317 e. The van der Waals surface area contributed by atoms with Crippen molar-refractivity contribution in [2.24, 2.45) is 0 Å². The Morgan fingerprint density at radius 1 is 1.26 bits per heavy atom. The predicted octanol–water partition coefficient (Wildman–Crippen LogP) is 3.45. The highest BCUT2D eigenvalue weighted by Crippen LogP contribution is 2.25. The van der Waals surface area contributed by atoms with Gasteiger partial charge in [-0.15, -0.1) is 0 Å². The molecule has 1 atom stereocenters. The van der Waals surface area contributed by atoms with Crippen LogP contribution >= 0.6 is 0 Å². The van der Waals surface area contributed by atoms with Crippen molar-refractivity contribution in [2.45, 2.75) is 46.1 Å². The molecule has 1 N–H and O–H groups in total. The summed E-state index contributed by atoms with van der Waals surface area (Å²) in [6.07, 6.45) is 0. The topological polar surface area (TPSA) is 40.5 Å². The molecule has 19 heavy (non-hydrogen) atoms. The Morgan fingerprint density at radius 3 is 2.16 bits per heavy atom. The molecule has 0 aromatic heterocycles. The summed E-state index contributed by atoms with van der Waals surface area (Å²) in [6.45, 7) is 11.4. The Bertz CT molecular complexity index is 417. The van der Waals surface area contributed by atoms with Crippen molar-refractivity contribution in [1.82, 2.24) is 4.90 Å². The van der Waals surface area contributed by atoms with Gasteiger partial charge >= 0.3 is 5.97 Å². The third kappa shape index (κ3) is 4.35. The molecule has 106 valence electrons. The second kappa shape index (κ2) is 6.20. The average molecular weight is 263 g/mol. The Morgan fingerprint density at radius 2 is 1.79 bits per heavy atom. The summed E-state index contributed by atoms with van der Waals surface area (Å²) in [5.74, 6) is -0.778. The highest BCUT2D eigenvalue weighted by atomic mass is 16.4. The maximum absolute atomic E-state index is 10.8. The fourth-order valence-corrected chi connectivity index (χ4v) is 2.17. The summed E-state index contributed by atoms with van der Waals surface area (Å²) in [4.78, 5) is 12.8. The fraction of sp³-hybridized carbons (Fsp3) is 0.562. The van der Waals surface area contributed by atoms with Crippen molar-refractivity contribution < 1.29 is 9.90 Å². The van der Waals surface area contributed by atoms with Crippen LogP contribution in [0.2, 0.25) is 0 Å². The number of carboxylic acid groups (broad SMARTS) is 1. The van der Waals surface area contributed by atoms with Crippen molar-refractivity contribution in [3.05, 3.63) is 35.4 Å². The largest absolute Gasteiger partial charge is 0.480 e. The van der Waals surface area contributed by atoms with E-state index in [-0.39, 0.29) is 18.0 Å². The van der Waals surface area contributed by atoms with E-state index in [2.05, 4.69) is 52.0 Å². The summed E-state index contributed by atoms with van der Waals surface area (Å²) >= 11 is 0. The monoisotopic (exact) mass is 263 g/mol. The SMILES string of the molecule is CCN(CC(=O)O)C(C)c1ccc(C(C)(C)C)cc1. The van der Waals surface area contributed by atoms with Gasteiger partial charge in [0, 0.05) is 6.04 Å². The van der Waals surface area contributed by atoms with Crippen LogP contribution in [-0.2, 0) is 10.2 Å². The molecular formula is C16H25NO2. The highest BCUT2D eigenvalue weighted by molar-refractivity contribution is 5.69. The van der Waals surface area contributed by atoms with Crippen molar-refractivity contribution in [1.29, 1.82) is 0 Å². The first-order valence-electron chi connectivity index (χ1n) is 6.82. The first-order valence-corrected chi connectivity index (χ1v) is 6.82. The molecule has 1 rings (SSSR count). The highest BCUT2D eigenvalue weighted by Gasteiger charge is 2.18. The fourth-order valence-electron chi connectivity index (χ4n) is 2.17. The van der Waals surface area contributed by atoms with E-state index in [1.165, 1.54) is 5.56 Å². The number of likely N-dealkylation sites (N-methyl/N-ethyl adjacent to an activating group) is 1. The van der Waals surface area contributed by atoms with E-state index in [4.69, 9.17) is 5.11 Å². The second-order valence-corrected chi connectivity index (χ2v) is 6.00. The van der Waals surface area contributed by atoms with Crippen LogP contribution in [0.4, 0.5) is 0 Å². The Labute approximate surface area is 116 Å². The molecule has 0 aliphatic heterocycles. The van der Waals surface area contributed by atoms with Crippen molar-refractivity contribution in [3.63, 3.8) is 0 Å². The zero-order valence-corrected chi connectivity index (χ0v) is 12.6. The van der Waals surface area contributed by atoms with Crippen LogP contribution in [0.15, 0.2) is 24.3 Å². The lowest BCUT2D eigenvalue weighted by Crippen LogP contribution is -2.32. The van der Waals surface area contributed by atoms with E-state index in [0.29, 0.717) is 0 Å². The summed E-state index contributed by atoms with van der Waals surface area (Å²) in [6, 6.07) is 8.61. The summed E-state index contributed by atoms with van der Waals surface area (Å²) < 4.78 is 0. The average Bonchev–Trinajstić information content (AvgIpc) is 2.34. The molecule has 0 aliphatic carbocycles. The normalized spacial score (nSPS) is 13.6. The van der Waals surface area contributed by atoms with Gasteiger partial charge in [-0.1, -0.05) is 52.0 Å². The van der Waals surface area contributed by atoms with E-state index in [0.717, 1.165) is 12.1 Å². The van der Waals surface area contributed by atoms with Crippen molar-refractivity contribution in [2.75, 3.05) is 13.1 Å². The first kappa shape index (κ1) is 15.7. The van der Waals surface area contributed by atoms with Crippen LogP contribution in [0, 0.1) is 0 Å². The molecule has 1 aromatic carbocycles. The standard InChI is InChI=1S/C16H25NO2/c1-6-17(11-15(18)19)12(2)13-7-9-14(10-8-13)16(3,4)5/h7-10,12H,6,11H2,1-5H3,(H,18,19). The van der Waals surface area contributed by atoms with Crippen LogP contribution in [0.3, 0.4) is 0 Å². The molecule has 0 heterocycles. The van der Waals surface area contributed by atoms with Gasteiger partial charge in [-0.2, -0.15) is 0 Å². The molecular weight excluding hydrogens is 238 g/mol. The third-order valence-electron chi connectivity index (χ3n) is 3.55. The number of carboxylic acids is 1. The van der Waals surface area contributed by atoms with E-state index in [1.807, 2.05) is 11.8 Å². The maximum atomic E-state index is 10.8. The molecule has 3 heteroatoms. The molecule has 0 amide bonds. The minimum Gasteiger partial charge on any atom is -0.480 e. The van der Waals surface area contributed by atoms with Crippen molar-refractivity contribution >= 4 is 5.97 Å². The van der Waals surface area contributed by atoms with Crippen molar-refractivity contribution in [3.8, 4) is 0 Å². The molecule has 1 unspecified atom stereocenters. The van der Waals surface area contributed by atoms with E-state index < -0.39 is 5.97 Å². The number of hydrogen-bond acceptors (Lipinski definition) is 2. The molecule has 1 aromatic rings. The lowest BCUT2D eigenvalue weighted by molar-refractivity contribution is -0.138. The van der Waals surface area contributed by atoms with Gasteiger partial charge in [0.1, 0.15) is 0 Å². The predicted molar refractivity (Wildman–Crippen MR) is 78.4 cm³/mol. The van der Waals surface area contributed by atoms with Gasteiger partial charge in [0.2, 0.25) is 0 Å². The summed E-state index contributed by atoms with van der Waals surface area (Å²) in [5.41, 5.74) is 2.61. The molecule has 0 saturated carbocycles. The third-order valence-corrected chi connectivity index (χ3v) is 3.55. The van der Waals surface area contributed by atoms with E-state index >= 15 is 0 Å². The number of rotatable bonds is 5. The van der Waals surface area contributed by atoms with E-state index in [9.17, 15) is 4.79 Å². The van der Waals surface area contributed by atoms with E-state index in [1.54, 1.807) is 0 Å². The Kier molecular flexibility index (Phi) is 5.12. The number of nitrogens with zero attached hydrogens (tertiary/aromatic N) is 1. The van der Waals surface area contributed by atoms with Crippen LogP contribution in [0.1, 0.15) is 51.8 Å². The molecule has 0 saturated heterocycles. The quantitative estimate of drug-likeness (QED) is 0.884. The minimum absolute atomic E-state index is 0.0820. The lowest BCUT2D eigenvalue weighted by atomic mass is 9.86. The zero-order chi connectivity index (χ0) is 14.6. The van der Waals surface area contributed by atoms with Gasteiger partial charge in [0.25, 0.3) is 0 Å². The number of hydrogen-bond donors (Lipinski definition) is 1. The van der Waals surface area contributed by atoms with Gasteiger partial charge in [-0.25, -0.2) is 0 Å². The molecule has 0 bridgehead atoms. The van der Waals surface area contributed by atoms with Crippen LogP contribution in [0.5, 0.6) is 0 Å². The molecule has 0 spiro atoms. The minimum atomic E-state index is -0.778. The van der Waals surface area contributed by atoms with Crippen LogP contribution < -0.4 is 0 Å². The second-order valence-electron chi connectivity index (χ2n) is 6.00. The van der Waals surface area contributed by atoms with Gasteiger partial charge < -0.3 is 5.11 Å². The summed E-state index contributed by atoms with van der Waals surface area (Å²) in [7, 11) is 0. The molecule has 0 radical (unpaired) electrons. The number of aliphatic carboxylic acids is 1. The van der Waals surface area contributed by atoms with Gasteiger partial charge in [-0.05, 0) is 30.0 Å². The Balaban J connectivity index is 2.87. The first-order chi connectivity index (χ1) is 8.75. The zero-order valence-electron chi connectivity index (χ0n) is 12.6. The molecule has 0 fully saturated rings. The summed E-state index contributed by atoms with van der Waals surface area (Å²) in [5, 5.41) is 8.92. The van der Waals surface area contributed by atoms with Crippen LogP contribution in [0.25, 0.3) is 0 Å². The van der Waals surface area contributed by atoms with Gasteiger partial charge in [0.05, 0.1) is 6.54 Å². The smallest absolute Gasteiger partial charge is 0.317 e. The molecule has 0 aliphatic rings. The van der Waals surface area contributed by atoms with Crippen LogP contribution in [-0.4, -0.2) is 29.1 Å². The molecule has 3 nitrogen and oxygen atoms in total. The number of benzene rings is 1. The lowest BCUT2D eigenvalue weighted by Gasteiger charge is -2.27. The Hall–Kier alpha value is -1.35. The van der Waals surface area contributed by atoms with Gasteiger partial charge in [-0.3, -0.25) is 9.69 Å².